The quantitative estimate of drug-likeness (QED) is 0.769. The standard InChI is InChI=1S/C18H16F2N4O/c19-11-3-4-16(15(20)8-11)24-7-5-12(10-24)23-18(25)14-9-22-17-13(14)2-1-6-21-17/h1-4,6,8-9,12H,5,7,10H2,(H,21,22)(H,23,25). The van der Waals surface area contributed by atoms with Gasteiger partial charge in [0, 0.05) is 43.0 Å². The molecule has 2 N–H and O–H groups in total. The molecule has 2 aromatic heterocycles. The normalized spacial score (nSPS) is 17.2. The smallest absolute Gasteiger partial charge is 0.253 e. The van der Waals surface area contributed by atoms with E-state index in [0.717, 1.165) is 11.5 Å². The van der Waals surface area contributed by atoms with Crippen LogP contribution in [0.5, 0.6) is 0 Å². The molecule has 0 radical (unpaired) electrons. The Morgan fingerprint density at radius 1 is 1.32 bits per heavy atom. The van der Waals surface area contributed by atoms with Crippen LogP contribution in [-0.4, -0.2) is 35.0 Å². The van der Waals surface area contributed by atoms with E-state index in [2.05, 4.69) is 15.3 Å². The molecule has 1 amide bonds. The average molecular weight is 342 g/mol. The number of pyridine rings is 1. The number of hydrogen-bond acceptors (Lipinski definition) is 3. The maximum atomic E-state index is 13.9. The number of halogens is 2. The van der Waals surface area contributed by atoms with E-state index < -0.39 is 11.6 Å². The van der Waals surface area contributed by atoms with Gasteiger partial charge in [-0.15, -0.1) is 0 Å². The van der Waals surface area contributed by atoms with Gasteiger partial charge in [-0.05, 0) is 30.7 Å². The topological polar surface area (TPSA) is 61.0 Å². The number of hydrogen-bond donors (Lipinski definition) is 2. The Labute approximate surface area is 142 Å². The molecule has 4 rings (SSSR count). The van der Waals surface area contributed by atoms with Crippen molar-refractivity contribution < 1.29 is 13.6 Å². The molecular formula is C18H16F2N4O. The lowest BCUT2D eigenvalue weighted by molar-refractivity contribution is 0.0942. The average Bonchev–Trinajstić information content (AvgIpc) is 3.21. The molecule has 3 heterocycles. The Morgan fingerprint density at radius 2 is 2.20 bits per heavy atom. The van der Waals surface area contributed by atoms with Crippen molar-refractivity contribution in [3.63, 3.8) is 0 Å². The van der Waals surface area contributed by atoms with Crippen LogP contribution in [0.3, 0.4) is 0 Å². The van der Waals surface area contributed by atoms with Gasteiger partial charge in [-0.1, -0.05) is 0 Å². The van der Waals surface area contributed by atoms with Crippen LogP contribution < -0.4 is 10.2 Å². The van der Waals surface area contributed by atoms with E-state index in [1.165, 1.54) is 12.1 Å². The van der Waals surface area contributed by atoms with Crippen LogP contribution in [0.1, 0.15) is 16.8 Å². The number of aromatic nitrogens is 2. The Balaban J connectivity index is 1.46. The van der Waals surface area contributed by atoms with Crippen LogP contribution in [-0.2, 0) is 0 Å². The minimum atomic E-state index is -0.599. The molecule has 0 saturated carbocycles. The predicted molar refractivity (Wildman–Crippen MR) is 90.5 cm³/mol. The number of carbonyl (C=O) groups excluding carboxylic acids is 1. The second-order valence-electron chi connectivity index (χ2n) is 6.10. The number of carbonyl (C=O) groups is 1. The summed E-state index contributed by atoms with van der Waals surface area (Å²) in [5.74, 6) is -1.38. The molecule has 1 aromatic carbocycles. The van der Waals surface area contributed by atoms with Gasteiger partial charge in [0.05, 0.1) is 11.3 Å². The van der Waals surface area contributed by atoms with Gasteiger partial charge in [0.1, 0.15) is 17.3 Å². The maximum absolute atomic E-state index is 13.9. The van der Waals surface area contributed by atoms with Gasteiger partial charge < -0.3 is 15.2 Å². The van der Waals surface area contributed by atoms with E-state index in [-0.39, 0.29) is 11.9 Å². The van der Waals surface area contributed by atoms with E-state index in [1.54, 1.807) is 18.5 Å². The summed E-state index contributed by atoms with van der Waals surface area (Å²) in [5, 5.41) is 3.74. The summed E-state index contributed by atoms with van der Waals surface area (Å²) >= 11 is 0. The minimum Gasteiger partial charge on any atom is -0.367 e. The highest BCUT2D eigenvalue weighted by Crippen LogP contribution is 2.25. The highest BCUT2D eigenvalue weighted by molar-refractivity contribution is 6.06. The first-order valence-corrected chi connectivity index (χ1v) is 8.05. The monoisotopic (exact) mass is 342 g/mol. The molecule has 7 heteroatoms. The lowest BCUT2D eigenvalue weighted by atomic mass is 10.2. The SMILES string of the molecule is O=C(NC1CCN(c2ccc(F)cc2F)C1)c1c[nH]c2ncccc12. The first-order chi connectivity index (χ1) is 12.1. The van der Waals surface area contributed by atoms with Crippen LogP contribution in [0.2, 0.25) is 0 Å². The first kappa shape index (κ1) is 15.6. The van der Waals surface area contributed by atoms with Crippen molar-refractivity contribution >= 4 is 22.6 Å². The molecule has 0 aliphatic carbocycles. The van der Waals surface area contributed by atoms with Gasteiger partial charge in [-0.25, -0.2) is 13.8 Å². The van der Waals surface area contributed by atoms with Crippen LogP contribution >= 0.6 is 0 Å². The molecule has 1 saturated heterocycles. The largest absolute Gasteiger partial charge is 0.367 e. The van der Waals surface area contributed by atoms with E-state index >= 15 is 0 Å². The number of benzene rings is 1. The summed E-state index contributed by atoms with van der Waals surface area (Å²) in [6, 6.07) is 7.06. The molecule has 0 spiro atoms. The van der Waals surface area contributed by atoms with Gasteiger partial charge in [0.2, 0.25) is 0 Å². The fraction of sp³-hybridized carbons (Fsp3) is 0.222. The van der Waals surface area contributed by atoms with Crippen LogP contribution in [0.4, 0.5) is 14.5 Å². The number of nitrogens with one attached hydrogen (secondary N) is 2. The molecule has 1 aliphatic heterocycles. The highest BCUT2D eigenvalue weighted by Gasteiger charge is 2.26. The minimum absolute atomic E-state index is 0.0985. The molecule has 0 bridgehead atoms. The highest BCUT2D eigenvalue weighted by atomic mass is 19.1. The zero-order valence-electron chi connectivity index (χ0n) is 13.3. The zero-order chi connectivity index (χ0) is 17.4. The molecule has 1 fully saturated rings. The molecular weight excluding hydrogens is 326 g/mol. The molecule has 1 atom stereocenters. The number of rotatable bonds is 3. The molecule has 5 nitrogen and oxygen atoms in total. The zero-order valence-corrected chi connectivity index (χ0v) is 13.3. The van der Waals surface area contributed by atoms with Gasteiger partial charge in [0.25, 0.3) is 5.91 Å². The summed E-state index contributed by atoms with van der Waals surface area (Å²) in [6.07, 6.45) is 4.00. The molecule has 3 aromatic rings. The summed E-state index contributed by atoms with van der Waals surface area (Å²) in [4.78, 5) is 21.5. The number of nitrogens with zero attached hydrogens (tertiary/aromatic N) is 2. The van der Waals surface area contributed by atoms with Gasteiger partial charge >= 0.3 is 0 Å². The van der Waals surface area contributed by atoms with E-state index in [1.807, 2.05) is 11.0 Å². The number of H-pyrrole nitrogens is 1. The molecule has 1 aliphatic rings. The van der Waals surface area contributed by atoms with Gasteiger partial charge in [0.15, 0.2) is 0 Å². The second-order valence-corrected chi connectivity index (χ2v) is 6.10. The van der Waals surface area contributed by atoms with Crippen molar-refractivity contribution in [2.24, 2.45) is 0 Å². The molecule has 25 heavy (non-hydrogen) atoms. The van der Waals surface area contributed by atoms with Gasteiger partial charge in [-0.2, -0.15) is 0 Å². The van der Waals surface area contributed by atoms with E-state index in [0.29, 0.717) is 36.4 Å². The Hall–Kier alpha value is -2.96. The summed E-state index contributed by atoms with van der Waals surface area (Å²) in [6.45, 7) is 1.08. The van der Waals surface area contributed by atoms with Crippen molar-refractivity contribution in [2.75, 3.05) is 18.0 Å². The fourth-order valence-corrected chi connectivity index (χ4v) is 3.24. The third-order valence-corrected chi connectivity index (χ3v) is 4.47. The Morgan fingerprint density at radius 3 is 3.04 bits per heavy atom. The number of anilines is 1. The van der Waals surface area contributed by atoms with Crippen molar-refractivity contribution in [1.29, 1.82) is 0 Å². The summed E-state index contributed by atoms with van der Waals surface area (Å²) < 4.78 is 27.0. The number of amides is 1. The van der Waals surface area contributed by atoms with Crippen LogP contribution in [0.25, 0.3) is 11.0 Å². The number of aromatic amines is 1. The van der Waals surface area contributed by atoms with Crippen LogP contribution in [0.15, 0.2) is 42.7 Å². The van der Waals surface area contributed by atoms with Crippen molar-refractivity contribution in [1.82, 2.24) is 15.3 Å². The molecule has 1 unspecified atom stereocenters. The molecule has 128 valence electrons. The van der Waals surface area contributed by atoms with E-state index in [4.69, 9.17) is 0 Å². The first-order valence-electron chi connectivity index (χ1n) is 8.05. The predicted octanol–water partition coefficient (Wildman–Crippen LogP) is 2.85. The Bertz CT molecular complexity index is 940. The third-order valence-electron chi connectivity index (χ3n) is 4.47. The van der Waals surface area contributed by atoms with E-state index in [9.17, 15) is 13.6 Å². The lowest BCUT2D eigenvalue weighted by Gasteiger charge is -2.19. The summed E-state index contributed by atoms with van der Waals surface area (Å²) in [5.41, 5.74) is 1.55. The summed E-state index contributed by atoms with van der Waals surface area (Å²) in [7, 11) is 0. The second kappa shape index (κ2) is 6.16. The third kappa shape index (κ3) is 2.93. The fourth-order valence-electron chi connectivity index (χ4n) is 3.24. The lowest BCUT2D eigenvalue weighted by Crippen LogP contribution is -2.37. The van der Waals surface area contributed by atoms with Crippen molar-refractivity contribution in [2.45, 2.75) is 12.5 Å². The maximum Gasteiger partial charge on any atom is 0.253 e. The van der Waals surface area contributed by atoms with Crippen molar-refractivity contribution in [3.05, 3.63) is 59.9 Å². The Kier molecular flexibility index (Phi) is 3.83. The van der Waals surface area contributed by atoms with Crippen molar-refractivity contribution in [3.8, 4) is 0 Å². The van der Waals surface area contributed by atoms with Crippen LogP contribution in [0, 0.1) is 11.6 Å². The van der Waals surface area contributed by atoms with Gasteiger partial charge in [-0.3, -0.25) is 4.79 Å². The number of fused-ring (bicyclic) bond motifs is 1.